The molecule has 4 nitrogen and oxygen atoms in total. The van der Waals surface area contributed by atoms with Crippen LogP contribution in [0.25, 0.3) is 0 Å². The number of aryl methyl sites for hydroxylation is 2. The van der Waals surface area contributed by atoms with Crippen LogP contribution in [0.4, 0.5) is 0 Å². The van der Waals surface area contributed by atoms with Crippen LogP contribution in [0.1, 0.15) is 50.9 Å². The highest BCUT2D eigenvalue weighted by atomic mass is 79.9. The first-order chi connectivity index (χ1) is 9.56. The van der Waals surface area contributed by atoms with E-state index in [2.05, 4.69) is 34.9 Å². The van der Waals surface area contributed by atoms with Crippen molar-refractivity contribution in [1.82, 2.24) is 9.78 Å². The SMILES string of the molecule is CCc1nn(CC)c(CC(=O)C2CCCC(N)C2)c1Br. The van der Waals surface area contributed by atoms with E-state index in [4.69, 9.17) is 5.73 Å². The molecule has 1 aliphatic rings. The number of ketones is 1. The summed E-state index contributed by atoms with van der Waals surface area (Å²) >= 11 is 3.61. The second kappa shape index (κ2) is 6.85. The zero-order chi connectivity index (χ0) is 14.7. The standard InChI is InChI=1S/C15H24BrN3O/c1-3-12-15(16)13(19(4-2)18-12)9-14(20)10-6-5-7-11(17)8-10/h10-11H,3-9,17H2,1-2H3. The maximum absolute atomic E-state index is 12.5. The van der Waals surface area contributed by atoms with Crippen LogP contribution >= 0.6 is 15.9 Å². The number of hydrogen-bond acceptors (Lipinski definition) is 3. The Kier molecular flexibility index (Phi) is 5.38. The minimum atomic E-state index is 0.135. The maximum Gasteiger partial charge on any atom is 0.141 e. The van der Waals surface area contributed by atoms with Gasteiger partial charge >= 0.3 is 0 Å². The third-order valence-corrected chi connectivity index (χ3v) is 5.12. The van der Waals surface area contributed by atoms with Gasteiger partial charge in [-0.15, -0.1) is 0 Å². The van der Waals surface area contributed by atoms with Gasteiger partial charge in [0.1, 0.15) is 5.78 Å². The summed E-state index contributed by atoms with van der Waals surface area (Å²) < 4.78 is 2.96. The number of aromatic nitrogens is 2. The largest absolute Gasteiger partial charge is 0.328 e. The zero-order valence-corrected chi connectivity index (χ0v) is 13.9. The normalized spacial score (nSPS) is 23.0. The molecule has 1 aliphatic carbocycles. The molecule has 0 spiro atoms. The summed E-state index contributed by atoms with van der Waals surface area (Å²) in [6.45, 7) is 4.94. The van der Waals surface area contributed by atoms with Crippen LogP contribution in [0.3, 0.4) is 0 Å². The number of rotatable bonds is 5. The molecule has 20 heavy (non-hydrogen) atoms. The first-order valence-corrected chi connectivity index (χ1v) is 8.38. The van der Waals surface area contributed by atoms with Crippen molar-refractivity contribution in [1.29, 1.82) is 0 Å². The van der Waals surface area contributed by atoms with Gasteiger partial charge < -0.3 is 5.73 Å². The molecule has 0 amide bonds. The van der Waals surface area contributed by atoms with Crippen molar-refractivity contribution < 1.29 is 4.79 Å². The minimum Gasteiger partial charge on any atom is -0.328 e. The molecule has 0 radical (unpaired) electrons. The van der Waals surface area contributed by atoms with Crippen molar-refractivity contribution in [2.45, 2.75) is 65.0 Å². The molecule has 1 saturated carbocycles. The van der Waals surface area contributed by atoms with Crippen LogP contribution < -0.4 is 5.73 Å². The quantitative estimate of drug-likeness (QED) is 0.895. The van der Waals surface area contributed by atoms with Crippen molar-refractivity contribution in [3.05, 3.63) is 15.9 Å². The van der Waals surface area contributed by atoms with E-state index in [0.29, 0.717) is 12.2 Å². The highest BCUT2D eigenvalue weighted by Crippen LogP contribution is 2.28. The van der Waals surface area contributed by atoms with Crippen LogP contribution in [0.2, 0.25) is 0 Å². The van der Waals surface area contributed by atoms with Crippen molar-refractivity contribution in [3.8, 4) is 0 Å². The van der Waals surface area contributed by atoms with Crippen LogP contribution in [-0.2, 0) is 24.2 Å². The Morgan fingerprint density at radius 3 is 2.80 bits per heavy atom. The molecule has 1 heterocycles. The summed E-state index contributed by atoms with van der Waals surface area (Å²) in [5.74, 6) is 0.453. The van der Waals surface area contributed by atoms with E-state index in [1.54, 1.807) is 0 Å². The summed E-state index contributed by atoms with van der Waals surface area (Å²) in [5, 5.41) is 4.55. The number of halogens is 1. The lowest BCUT2D eigenvalue weighted by Gasteiger charge is -2.25. The van der Waals surface area contributed by atoms with E-state index in [-0.39, 0.29) is 12.0 Å². The highest BCUT2D eigenvalue weighted by molar-refractivity contribution is 9.10. The van der Waals surface area contributed by atoms with Crippen molar-refractivity contribution >= 4 is 21.7 Å². The molecular weight excluding hydrogens is 318 g/mol. The predicted molar refractivity (Wildman–Crippen MR) is 83.6 cm³/mol. The lowest BCUT2D eigenvalue weighted by atomic mass is 9.82. The highest BCUT2D eigenvalue weighted by Gasteiger charge is 2.27. The third kappa shape index (κ3) is 3.31. The van der Waals surface area contributed by atoms with Crippen LogP contribution in [-0.4, -0.2) is 21.6 Å². The van der Waals surface area contributed by atoms with Crippen LogP contribution in [0.15, 0.2) is 4.47 Å². The minimum absolute atomic E-state index is 0.135. The summed E-state index contributed by atoms with van der Waals surface area (Å²) in [4.78, 5) is 12.5. The molecule has 2 atom stereocenters. The molecule has 1 fully saturated rings. The van der Waals surface area contributed by atoms with Gasteiger partial charge in [-0.05, 0) is 48.5 Å². The van der Waals surface area contributed by atoms with E-state index >= 15 is 0 Å². The molecule has 1 aromatic heterocycles. The zero-order valence-electron chi connectivity index (χ0n) is 12.4. The fourth-order valence-electron chi connectivity index (χ4n) is 3.02. The van der Waals surface area contributed by atoms with E-state index in [0.717, 1.165) is 54.5 Å². The molecule has 0 saturated heterocycles. The van der Waals surface area contributed by atoms with E-state index in [9.17, 15) is 4.79 Å². The van der Waals surface area contributed by atoms with Gasteiger partial charge in [0.2, 0.25) is 0 Å². The predicted octanol–water partition coefficient (Wildman–Crippen LogP) is 2.86. The topological polar surface area (TPSA) is 60.9 Å². The summed E-state index contributed by atoms with van der Waals surface area (Å²) in [6.07, 6.45) is 5.32. The van der Waals surface area contributed by atoms with Gasteiger partial charge in [-0.25, -0.2) is 0 Å². The van der Waals surface area contributed by atoms with Gasteiger partial charge in [-0.1, -0.05) is 13.3 Å². The average molecular weight is 342 g/mol. The van der Waals surface area contributed by atoms with Crippen LogP contribution in [0, 0.1) is 5.92 Å². The fourth-order valence-corrected chi connectivity index (χ4v) is 3.72. The smallest absolute Gasteiger partial charge is 0.141 e. The van der Waals surface area contributed by atoms with E-state index < -0.39 is 0 Å². The molecule has 112 valence electrons. The molecule has 0 bridgehead atoms. The van der Waals surface area contributed by atoms with Crippen molar-refractivity contribution in [3.63, 3.8) is 0 Å². The Balaban J connectivity index is 2.12. The van der Waals surface area contributed by atoms with Gasteiger partial charge in [-0.2, -0.15) is 5.10 Å². The molecular formula is C15H24BrN3O. The first kappa shape index (κ1) is 15.7. The van der Waals surface area contributed by atoms with Gasteiger partial charge in [0.25, 0.3) is 0 Å². The lowest BCUT2D eigenvalue weighted by molar-refractivity contribution is -0.123. The second-order valence-corrected chi connectivity index (χ2v) is 6.44. The summed E-state index contributed by atoms with van der Waals surface area (Å²) in [7, 11) is 0. The number of nitrogens with two attached hydrogens (primary N) is 1. The van der Waals surface area contributed by atoms with E-state index in [1.165, 1.54) is 0 Å². The van der Waals surface area contributed by atoms with Gasteiger partial charge in [0, 0.05) is 24.9 Å². The maximum atomic E-state index is 12.5. The van der Waals surface area contributed by atoms with Crippen LogP contribution in [0.5, 0.6) is 0 Å². The molecule has 0 aromatic carbocycles. The number of carbonyl (C=O) groups is 1. The Morgan fingerprint density at radius 1 is 1.45 bits per heavy atom. The molecule has 2 rings (SSSR count). The Labute approximate surface area is 129 Å². The summed E-state index contributed by atoms with van der Waals surface area (Å²) in [6, 6.07) is 0.198. The monoisotopic (exact) mass is 341 g/mol. The van der Waals surface area contributed by atoms with Gasteiger partial charge in [0.05, 0.1) is 15.9 Å². The molecule has 1 aromatic rings. The molecule has 2 N–H and O–H groups in total. The molecule has 5 heteroatoms. The lowest BCUT2D eigenvalue weighted by Crippen LogP contribution is -2.32. The molecule has 0 aliphatic heterocycles. The number of Topliss-reactive ketones (excluding diaryl/α,β-unsaturated/α-hetero) is 1. The summed E-state index contributed by atoms with van der Waals surface area (Å²) in [5.41, 5.74) is 8.05. The number of carbonyl (C=O) groups excluding carboxylic acids is 1. The fraction of sp³-hybridized carbons (Fsp3) is 0.733. The van der Waals surface area contributed by atoms with Crippen molar-refractivity contribution in [2.75, 3.05) is 0 Å². The Hall–Kier alpha value is -0.680. The second-order valence-electron chi connectivity index (χ2n) is 5.64. The molecule has 2 unspecified atom stereocenters. The van der Waals surface area contributed by atoms with Crippen molar-refractivity contribution in [2.24, 2.45) is 11.7 Å². The number of hydrogen-bond donors (Lipinski definition) is 1. The third-order valence-electron chi connectivity index (χ3n) is 4.21. The Morgan fingerprint density at radius 2 is 2.20 bits per heavy atom. The van der Waals surface area contributed by atoms with E-state index in [1.807, 2.05) is 4.68 Å². The van der Waals surface area contributed by atoms with Gasteiger partial charge in [0.15, 0.2) is 0 Å². The average Bonchev–Trinajstić information content (AvgIpc) is 2.75. The van der Waals surface area contributed by atoms with Gasteiger partial charge in [-0.3, -0.25) is 9.48 Å². The first-order valence-electron chi connectivity index (χ1n) is 7.59. The Bertz CT molecular complexity index is 484. The number of nitrogens with zero attached hydrogens (tertiary/aromatic N) is 2.